The number of carbonyl (C=O) groups is 1. The highest BCUT2D eigenvalue weighted by Gasteiger charge is 1.63. The van der Waals surface area contributed by atoms with Crippen LogP contribution in [0.3, 0.4) is 0 Å². The van der Waals surface area contributed by atoms with E-state index in [2.05, 4.69) is 11.8 Å². The summed E-state index contributed by atoms with van der Waals surface area (Å²) >= 11 is 0. The number of carbonyl (C=O) groups excluding carboxylic acids is 1. The summed E-state index contributed by atoms with van der Waals surface area (Å²) in [6, 6.07) is 0. The van der Waals surface area contributed by atoms with Gasteiger partial charge >= 0.3 is 0 Å². The lowest BCUT2D eigenvalue weighted by atomic mass is 10.4. The molecule has 0 unspecified atom stereocenters. The van der Waals surface area contributed by atoms with Crippen LogP contribution in [0.4, 0.5) is 0 Å². The normalized spacial score (nSPS) is 6.40. The molecule has 0 bridgehead atoms. The van der Waals surface area contributed by atoms with E-state index < -0.39 is 0 Å². The Hall–Kier alpha value is -0.810. The summed E-state index contributed by atoms with van der Waals surface area (Å²) in [4.78, 5) is 9.44. The molecule has 0 aromatic rings. The van der Waals surface area contributed by atoms with Gasteiger partial charge in [0.15, 0.2) is 0 Å². The lowest BCUT2D eigenvalue weighted by molar-refractivity contribution is -0.114. The van der Waals surface area contributed by atoms with E-state index in [0.717, 1.165) is 6.42 Å². The van der Waals surface area contributed by atoms with Crippen molar-refractivity contribution >= 4 is 5.78 Å². The predicted molar refractivity (Wildman–Crippen MR) is 43.5 cm³/mol. The highest BCUT2D eigenvalue weighted by molar-refractivity contribution is 5.72. The van der Waals surface area contributed by atoms with Crippen LogP contribution < -0.4 is 5.73 Å². The third-order valence-electron chi connectivity index (χ3n) is 0.446. The first-order chi connectivity index (χ1) is 4.65. The SMILES string of the molecule is CC#CCCN.CC(C)=O. The molecule has 0 saturated heterocycles. The molecule has 0 aliphatic rings. The number of ketones is 1. The van der Waals surface area contributed by atoms with Gasteiger partial charge in [0.05, 0.1) is 0 Å². The number of hydrogen-bond acceptors (Lipinski definition) is 2. The van der Waals surface area contributed by atoms with Crippen molar-refractivity contribution in [3.8, 4) is 11.8 Å². The molecule has 58 valence electrons. The molecule has 0 heterocycles. The van der Waals surface area contributed by atoms with Crippen molar-refractivity contribution in [3.63, 3.8) is 0 Å². The third kappa shape index (κ3) is 57.4. The van der Waals surface area contributed by atoms with Crippen molar-refractivity contribution < 1.29 is 4.79 Å². The lowest BCUT2D eigenvalue weighted by Gasteiger charge is -1.73. The predicted octanol–water partition coefficient (Wildman–Crippen LogP) is 0.954. The minimum absolute atomic E-state index is 0.167. The second-order valence-electron chi connectivity index (χ2n) is 1.87. The van der Waals surface area contributed by atoms with E-state index >= 15 is 0 Å². The summed E-state index contributed by atoms with van der Waals surface area (Å²) in [6.07, 6.45) is 0.830. The Morgan fingerprint density at radius 2 is 1.90 bits per heavy atom. The first-order valence-electron chi connectivity index (χ1n) is 3.22. The van der Waals surface area contributed by atoms with Gasteiger partial charge in [-0.25, -0.2) is 0 Å². The highest BCUT2D eigenvalue weighted by Crippen LogP contribution is 1.63. The van der Waals surface area contributed by atoms with Crippen LogP contribution in [0.25, 0.3) is 0 Å². The first-order valence-corrected chi connectivity index (χ1v) is 3.22. The maximum absolute atomic E-state index is 9.44. The molecule has 0 aliphatic heterocycles. The van der Waals surface area contributed by atoms with Gasteiger partial charge in [-0.05, 0) is 20.8 Å². The molecule has 0 fully saturated rings. The van der Waals surface area contributed by atoms with E-state index in [-0.39, 0.29) is 5.78 Å². The topological polar surface area (TPSA) is 43.1 Å². The van der Waals surface area contributed by atoms with Gasteiger partial charge in [-0.2, -0.15) is 0 Å². The van der Waals surface area contributed by atoms with Crippen LogP contribution >= 0.6 is 0 Å². The van der Waals surface area contributed by atoms with Gasteiger partial charge in [-0.15, -0.1) is 11.8 Å². The minimum Gasteiger partial charge on any atom is -0.330 e. The first kappa shape index (κ1) is 11.9. The quantitative estimate of drug-likeness (QED) is 0.552. The van der Waals surface area contributed by atoms with E-state index in [4.69, 9.17) is 5.73 Å². The van der Waals surface area contributed by atoms with E-state index in [9.17, 15) is 4.79 Å². The number of nitrogens with two attached hydrogens (primary N) is 1. The van der Waals surface area contributed by atoms with Gasteiger partial charge in [-0.3, -0.25) is 0 Å². The fourth-order valence-corrected chi connectivity index (χ4v) is 0.197. The van der Waals surface area contributed by atoms with Crippen LogP contribution in [-0.4, -0.2) is 12.3 Å². The second kappa shape index (κ2) is 11.0. The Bertz CT molecular complexity index is 126. The molecule has 10 heavy (non-hydrogen) atoms. The monoisotopic (exact) mass is 141 g/mol. The number of Topliss-reactive ketones (excluding diaryl/α,β-unsaturated/α-hetero) is 1. The zero-order valence-electron chi connectivity index (χ0n) is 6.90. The minimum atomic E-state index is 0.167. The standard InChI is InChI=1S/C5H9N.C3H6O/c1-2-3-4-5-6;1-3(2)4/h4-6H2,1H3;1-2H3. The van der Waals surface area contributed by atoms with E-state index in [0.29, 0.717) is 6.54 Å². The summed E-state index contributed by atoms with van der Waals surface area (Å²) in [5.74, 6) is 5.73. The van der Waals surface area contributed by atoms with Gasteiger partial charge in [-0.1, -0.05) is 0 Å². The molecule has 0 radical (unpaired) electrons. The number of hydrogen-bond donors (Lipinski definition) is 1. The van der Waals surface area contributed by atoms with Gasteiger partial charge in [0.1, 0.15) is 5.78 Å². The molecule has 0 saturated carbocycles. The molecule has 2 nitrogen and oxygen atoms in total. The molecule has 0 aromatic carbocycles. The van der Waals surface area contributed by atoms with E-state index in [1.807, 2.05) is 6.92 Å². The third-order valence-corrected chi connectivity index (χ3v) is 0.446. The van der Waals surface area contributed by atoms with Crippen molar-refractivity contribution in [2.24, 2.45) is 5.73 Å². The highest BCUT2D eigenvalue weighted by atomic mass is 16.1. The molecule has 2 N–H and O–H groups in total. The molecule has 0 aromatic heterocycles. The van der Waals surface area contributed by atoms with Crippen LogP contribution in [0.15, 0.2) is 0 Å². The second-order valence-corrected chi connectivity index (χ2v) is 1.87. The maximum atomic E-state index is 9.44. The summed E-state index contributed by atoms with van der Waals surface area (Å²) in [5, 5.41) is 0. The Morgan fingerprint density at radius 1 is 1.50 bits per heavy atom. The Kier molecular flexibility index (Phi) is 13.2. The van der Waals surface area contributed by atoms with Gasteiger partial charge in [0, 0.05) is 13.0 Å². The molecule has 0 rings (SSSR count). The van der Waals surface area contributed by atoms with Crippen LogP contribution in [0.5, 0.6) is 0 Å². The zero-order chi connectivity index (χ0) is 8.41. The summed E-state index contributed by atoms with van der Waals surface area (Å²) in [5.41, 5.74) is 5.11. The zero-order valence-corrected chi connectivity index (χ0v) is 6.90. The Morgan fingerprint density at radius 3 is 2.00 bits per heavy atom. The van der Waals surface area contributed by atoms with Crippen molar-refractivity contribution in [3.05, 3.63) is 0 Å². The molecule has 0 atom stereocenters. The average Bonchev–Trinajstić information content (AvgIpc) is 1.82. The Balaban J connectivity index is 0. The van der Waals surface area contributed by atoms with Crippen LogP contribution in [0.1, 0.15) is 27.2 Å². The van der Waals surface area contributed by atoms with Crippen molar-refractivity contribution in [2.75, 3.05) is 6.54 Å². The molecule has 2 heteroatoms. The average molecular weight is 141 g/mol. The number of rotatable bonds is 1. The largest absolute Gasteiger partial charge is 0.330 e. The molecular weight excluding hydrogens is 126 g/mol. The molecule has 0 amide bonds. The van der Waals surface area contributed by atoms with Crippen LogP contribution in [-0.2, 0) is 4.79 Å². The van der Waals surface area contributed by atoms with Crippen molar-refractivity contribution in [1.82, 2.24) is 0 Å². The van der Waals surface area contributed by atoms with Crippen LogP contribution in [0.2, 0.25) is 0 Å². The summed E-state index contributed by atoms with van der Waals surface area (Å²) < 4.78 is 0. The molecular formula is C8H15NO. The van der Waals surface area contributed by atoms with Gasteiger partial charge in [0.25, 0.3) is 0 Å². The van der Waals surface area contributed by atoms with E-state index in [1.165, 1.54) is 13.8 Å². The maximum Gasteiger partial charge on any atom is 0.126 e. The fourth-order valence-electron chi connectivity index (χ4n) is 0.197. The Labute approximate surface area is 62.8 Å². The smallest absolute Gasteiger partial charge is 0.126 e. The molecule has 0 spiro atoms. The lowest BCUT2D eigenvalue weighted by Crippen LogP contribution is -1.95. The van der Waals surface area contributed by atoms with Gasteiger partial charge in [0.2, 0.25) is 0 Å². The molecule has 0 aliphatic carbocycles. The summed E-state index contributed by atoms with van der Waals surface area (Å²) in [7, 11) is 0. The van der Waals surface area contributed by atoms with Gasteiger partial charge < -0.3 is 10.5 Å². The van der Waals surface area contributed by atoms with Crippen molar-refractivity contribution in [2.45, 2.75) is 27.2 Å². The van der Waals surface area contributed by atoms with Crippen molar-refractivity contribution in [1.29, 1.82) is 0 Å². The van der Waals surface area contributed by atoms with Crippen LogP contribution in [0, 0.1) is 11.8 Å². The van der Waals surface area contributed by atoms with E-state index in [1.54, 1.807) is 0 Å². The fraction of sp³-hybridized carbons (Fsp3) is 0.625. The summed E-state index contributed by atoms with van der Waals surface area (Å²) in [6.45, 7) is 5.55.